The number of aldehydes is 1. The number of methoxy groups -OCH3 is 3. The zero-order chi connectivity index (χ0) is 30.3. The third-order valence-corrected chi connectivity index (χ3v) is 6.68. The number of nitrogens with one attached hydrogen (secondary N) is 1. The second-order valence-electron chi connectivity index (χ2n) is 9.98. The van der Waals surface area contributed by atoms with Gasteiger partial charge in [0.15, 0.2) is 23.1 Å². The van der Waals surface area contributed by atoms with Gasteiger partial charge in [0.1, 0.15) is 17.9 Å². The van der Waals surface area contributed by atoms with Crippen LogP contribution in [0.5, 0.6) is 17.2 Å². The van der Waals surface area contributed by atoms with Gasteiger partial charge in [0, 0.05) is 55.1 Å². The average Bonchev–Trinajstić information content (AvgIpc) is 2.96. The molecule has 1 fully saturated rings. The van der Waals surface area contributed by atoms with Crippen molar-refractivity contribution in [2.24, 2.45) is 10.7 Å². The monoisotopic (exact) mass is 569 g/mol. The Balaban J connectivity index is 0.000000232. The van der Waals surface area contributed by atoms with E-state index in [-0.39, 0.29) is 39.7 Å². The number of hydrogen-bond donors (Lipinski definition) is 3. The molecule has 1 aliphatic heterocycles. The van der Waals surface area contributed by atoms with Crippen LogP contribution in [-0.4, -0.2) is 65.7 Å². The molecule has 0 saturated carbocycles. The molecule has 11 heteroatoms. The first-order valence-electron chi connectivity index (χ1n) is 12.9. The van der Waals surface area contributed by atoms with Crippen LogP contribution in [0.3, 0.4) is 0 Å². The van der Waals surface area contributed by atoms with Gasteiger partial charge in [-0.3, -0.25) is 9.79 Å². The second kappa shape index (κ2) is 13.3. The average molecular weight is 570 g/mol. The minimum atomic E-state index is -0.838. The summed E-state index contributed by atoms with van der Waals surface area (Å²) in [7, 11) is 5.74. The van der Waals surface area contributed by atoms with Crippen LogP contribution in [0.2, 0.25) is 0 Å². The summed E-state index contributed by atoms with van der Waals surface area (Å²) in [6.45, 7) is 7.19. The number of amidine groups is 1. The van der Waals surface area contributed by atoms with E-state index in [4.69, 9.17) is 25.7 Å². The maximum atomic E-state index is 14.5. The number of ether oxygens (including phenoxy) is 3. The number of piperazine rings is 1. The van der Waals surface area contributed by atoms with Crippen molar-refractivity contribution in [3.63, 3.8) is 0 Å². The van der Waals surface area contributed by atoms with Gasteiger partial charge >= 0.3 is 0 Å². The molecule has 1 saturated heterocycles. The molecular formula is C30H37F2N5O4. The quantitative estimate of drug-likeness (QED) is 0.167. The number of nitrogens with two attached hydrogens (primary N) is 2. The molecule has 5 N–H and O–H groups in total. The van der Waals surface area contributed by atoms with E-state index in [1.54, 1.807) is 19.2 Å². The highest BCUT2D eigenvalue weighted by molar-refractivity contribution is 6.02. The number of carbonyl (C=O) groups is 1. The molecule has 0 atom stereocenters. The molecule has 9 nitrogen and oxygen atoms in total. The summed E-state index contributed by atoms with van der Waals surface area (Å²) in [4.78, 5) is 16.9. The number of benzene rings is 3. The maximum absolute atomic E-state index is 14.5. The Bertz CT molecular complexity index is 1400. The first kappa shape index (κ1) is 31.2. The number of nitrogen functional groups attached to an aromatic ring is 1. The Labute approximate surface area is 239 Å². The highest BCUT2D eigenvalue weighted by Gasteiger charge is 2.27. The lowest BCUT2D eigenvalue weighted by atomic mass is 10.00. The Kier molecular flexibility index (Phi) is 10.1. The fourth-order valence-electron chi connectivity index (χ4n) is 4.59. The fourth-order valence-corrected chi connectivity index (χ4v) is 4.59. The first-order chi connectivity index (χ1) is 19.5. The Hall–Kier alpha value is -4.38. The third kappa shape index (κ3) is 7.04. The van der Waals surface area contributed by atoms with Gasteiger partial charge in [-0.05, 0) is 49.7 Å². The van der Waals surface area contributed by atoms with Crippen molar-refractivity contribution in [2.45, 2.75) is 19.4 Å². The molecule has 1 aliphatic rings. The minimum absolute atomic E-state index is 0.0899. The predicted molar refractivity (Wildman–Crippen MR) is 159 cm³/mol. The largest absolute Gasteiger partial charge is 0.495 e. The molecule has 0 unspecified atom stereocenters. The van der Waals surface area contributed by atoms with Crippen molar-refractivity contribution >= 4 is 23.5 Å². The standard InChI is InChI=1S/C16H17F2N3O2.C14H20N2O2/c1-21-16(20)9-5-4-8(6-10(9)19)13-14(17)11(22-2)7-12(23-3)15(13)18;1-14(2)10-16(7-6-15-14)12-5-4-11(9-17)8-13(12)18-3/h4-7H,19H2,1-3H3,(H2,20,21);4-5,8-9,15H,6-7,10H2,1-3H3. The van der Waals surface area contributed by atoms with Gasteiger partial charge in [0.05, 0.1) is 32.6 Å². The summed E-state index contributed by atoms with van der Waals surface area (Å²) in [6.07, 6.45) is 0.841. The molecule has 220 valence electrons. The van der Waals surface area contributed by atoms with Gasteiger partial charge in [-0.2, -0.15) is 0 Å². The van der Waals surface area contributed by atoms with Gasteiger partial charge in [0.25, 0.3) is 0 Å². The van der Waals surface area contributed by atoms with Crippen molar-refractivity contribution in [3.8, 4) is 28.4 Å². The van der Waals surface area contributed by atoms with E-state index in [2.05, 4.69) is 29.1 Å². The third-order valence-electron chi connectivity index (χ3n) is 6.68. The molecule has 4 rings (SSSR count). The smallest absolute Gasteiger partial charge is 0.176 e. The van der Waals surface area contributed by atoms with E-state index in [1.807, 2.05) is 12.1 Å². The van der Waals surface area contributed by atoms with Crippen molar-refractivity contribution < 1.29 is 27.8 Å². The topological polar surface area (TPSA) is 124 Å². The van der Waals surface area contributed by atoms with Crippen molar-refractivity contribution in [3.05, 3.63) is 65.2 Å². The molecule has 1 heterocycles. The molecular weight excluding hydrogens is 532 g/mol. The highest BCUT2D eigenvalue weighted by Crippen LogP contribution is 2.38. The zero-order valence-corrected chi connectivity index (χ0v) is 24.2. The molecule has 0 bridgehead atoms. The number of carbonyl (C=O) groups excluding carboxylic acids is 1. The minimum Gasteiger partial charge on any atom is -0.495 e. The predicted octanol–water partition coefficient (Wildman–Crippen LogP) is 4.26. The summed E-state index contributed by atoms with van der Waals surface area (Å²) in [5.74, 6) is -0.938. The van der Waals surface area contributed by atoms with E-state index >= 15 is 0 Å². The maximum Gasteiger partial charge on any atom is 0.176 e. The second-order valence-corrected chi connectivity index (χ2v) is 9.98. The van der Waals surface area contributed by atoms with Gasteiger partial charge in [-0.25, -0.2) is 8.78 Å². The SMILES string of the molecule is CN=C(N)c1ccc(-c2c(F)c(OC)cc(OC)c2F)cc1N.COc1cc(C=O)ccc1N1CCNC(C)(C)C1. The van der Waals surface area contributed by atoms with Crippen LogP contribution in [0.4, 0.5) is 20.2 Å². The number of anilines is 2. The van der Waals surface area contributed by atoms with E-state index in [9.17, 15) is 13.6 Å². The van der Waals surface area contributed by atoms with Crippen molar-refractivity contribution in [2.75, 3.05) is 58.6 Å². The normalized spacial score (nSPS) is 14.5. The molecule has 0 radical (unpaired) electrons. The van der Waals surface area contributed by atoms with Crippen LogP contribution in [0.25, 0.3) is 11.1 Å². The van der Waals surface area contributed by atoms with Crippen LogP contribution < -0.4 is 35.9 Å². The van der Waals surface area contributed by atoms with E-state index in [1.165, 1.54) is 33.4 Å². The van der Waals surface area contributed by atoms with Gasteiger partial charge in [-0.1, -0.05) is 6.07 Å². The van der Waals surface area contributed by atoms with Gasteiger partial charge in [-0.15, -0.1) is 0 Å². The molecule has 3 aromatic rings. The molecule has 0 aliphatic carbocycles. The Morgan fingerprint density at radius 1 is 1.00 bits per heavy atom. The molecule has 0 amide bonds. The zero-order valence-electron chi connectivity index (χ0n) is 24.2. The summed E-state index contributed by atoms with van der Waals surface area (Å²) in [5.41, 5.74) is 14.1. The molecule has 0 aromatic heterocycles. The number of nitrogens with zero attached hydrogens (tertiary/aromatic N) is 2. The summed E-state index contributed by atoms with van der Waals surface area (Å²) < 4.78 is 44.2. The number of rotatable bonds is 7. The molecule has 3 aromatic carbocycles. The molecule has 0 spiro atoms. The van der Waals surface area contributed by atoms with Crippen molar-refractivity contribution in [1.82, 2.24) is 5.32 Å². The highest BCUT2D eigenvalue weighted by atomic mass is 19.1. The number of hydrogen-bond acceptors (Lipinski definition) is 8. The van der Waals surface area contributed by atoms with E-state index in [0.717, 1.165) is 43.4 Å². The lowest BCUT2D eigenvalue weighted by Crippen LogP contribution is -2.57. The Morgan fingerprint density at radius 2 is 1.63 bits per heavy atom. The summed E-state index contributed by atoms with van der Waals surface area (Å²) >= 11 is 0. The fraction of sp³-hybridized carbons (Fsp3) is 0.333. The van der Waals surface area contributed by atoms with Crippen LogP contribution in [0.15, 0.2) is 47.5 Å². The number of halogens is 2. The van der Waals surface area contributed by atoms with Gasteiger partial charge < -0.3 is 35.9 Å². The van der Waals surface area contributed by atoms with E-state index in [0.29, 0.717) is 11.1 Å². The Morgan fingerprint density at radius 3 is 2.15 bits per heavy atom. The summed E-state index contributed by atoms with van der Waals surface area (Å²) in [6, 6.07) is 11.2. The van der Waals surface area contributed by atoms with Crippen LogP contribution in [0.1, 0.15) is 29.8 Å². The van der Waals surface area contributed by atoms with Crippen molar-refractivity contribution in [1.29, 1.82) is 0 Å². The van der Waals surface area contributed by atoms with Crippen LogP contribution >= 0.6 is 0 Å². The van der Waals surface area contributed by atoms with Gasteiger partial charge in [0.2, 0.25) is 0 Å². The van der Waals surface area contributed by atoms with Crippen LogP contribution in [-0.2, 0) is 0 Å². The lowest BCUT2D eigenvalue weighted by molar-refractivity contribution is 0.112. The first-order valence-corrected chi connectivity index (χ1v) is 12.9. The number of aliphatic imine (C=N–C) groups is 1. The van der Waals surface area contributed by atoms with Crippen LogP contribution in [0, 0.1) is 11.6 Å². The van der Waals surface area contributed by atoms with E-state index < -0.39 is 11.6 Å². The molecule has 41 heavy (non-hydrogen) atoms. The summed E-state index contributed by atoms with van der Waals surface area (Å²) in [5, 5.41) is 3.48. The lowest BCUT2D eigenvalue weighted by Gasteiger charge is -2.40.